The van der Waals surface area contributed by atoms with Crippen molar-refractivity contribution in [3.05, 3.63) is 0 Å². The van der Waals surface area contributed by atoms with E-state index in [0.717, 1.165) is 0 Å². The van der Waals surface area contributed by atoms with Crippen molar-refractivity contribution in [3.63, 3.8) is 0 Å². The minimum absolute atomic E-state index is 0.670. The summed E-state index contributed by atoms with van der Waals surface area (Å²) in [6, 6.07) is 0. The van der Waals surface area contributed by atoms with Gasteiger partial charge < -0.3 is 9.47 Å². The molecule has 5 nitrogen and oxygen atoms in total. The summed E-state index contributed by atoms with van der Waals surface area (Å²) >= 11 is 0. The number of hydrogen-bond acceptors (Lipinski definition) is 5. The maximum absolute atomic E-state index is 11.1. The second-order valence-electron chi connectivity index (χ2n) is 2.36. The zero-order valence-electron chi connectivity index (χ0n) is 7.63. The summed E-state index contributed by atoms with van der Waals surface area (Å²) in [5.41, 5.74) is -1.41. The maximum Gasteiger partial charge on any atom is 0.337 e. The average Bonchev–Trinajstić information content (AvgIpc) is 2.13. The van der Waals surface area contributed by atoms with E-state index in [2.05, 4.69) is 14.8 Å². The Morgan fingerprint density at radius 3 is 1.67 bits per heavy atom. The summed E-state index contributed by atoms with van der Waals surface area (Å²) in [5.74, 6) is -1.34. The lowest BCUT2D eigenvalue weighted by Gasteiger charge is -2.22. The first-order chi connectivity index (χ1) is 5.52. The predicted molar refractivity (Wildman–Crippen MR) is 41.5 cm³/mol. The molecule has 0 aromatic heterocycles. The minimum Gasteiger partial charge on any atom is -0.467 e. The standard InChI is InChI=1S/C7H13NO4/c1-7(8-2,5(9)11-3)6(10)12-4/h8H,1-4H3. The summed E-state index contributed by atoms with van der Waals surface area (Å²) in [6.45, 7) is 1.39. The van der Waals surface area contributed by atoms with Crippen LogP contribution < -0.4 is 5.32 Å². The molecule has 70 valence electrons. The molecule has 0 rings (SSSR count). The highest BCUT2D eigenvalue weighted by atomic mass is 16.5. The Labute approximate surface area is 71.0 Å². The molecule has 0 radical (unpaired) electrons. The molecule has 0 heterocycles. The lowest BCUT2D eigenvalue weighted by atomic mass is 10.0. The van der Waals surface area contributed by atoms with Gasteiger partial charge in [-0.1, -0.05) is 0 Å². The van der Waals surface area contributed by atoms with Gasteiger partial charge in [-0.15, -0.1) is 0 Å². The molecule has 0 aromatic carbocycles. The van der Waals surface area contributed by atoms with E-state index in [1.807, 2.05) is 0 Å². The van der Waals surface area contributed by atoms with E-state index < -0.39 is 17.5 Å². The second kappa shape index (κ2) is 4.06. The van der Waals surface area contributed by atoms with Gasteiger partial charge in [0.25, 0.3) is 0 Å². The summed E-state index contributed by atoms with van der Waals surface area (Å²) in [4.78, 5) is 22.2. The van der Waals surface area contributed by atoms with Crippen LogP contribution in [0.5, 0.6) is 0 Å². The Morgan fingerprint density at radius 2 is 1.50 bits per heavy atom. The van der Waals surface area contributed by atoms with Crippen molar-refractivity contribution in [3.8, 4) is 0 Å². The first kappa shape index (κ1) is 10.9. The SMILES string of the molecule is CNC(C)(C(=O)OC)C(=O)OC. The number of nitrogens with one attached hydrogen (secondary N) is 1. The maximum atomic E-state index is 11.1. The van der Waals surface area contributed by atoms with Gasteiger partial charge in [0, 0.05) is 0 Å². The number of likely N-dealkylation sites (N-methyl/N-ethyl adjacent to an activating group) is 1. The van der Waals surface area contributed by atoms with Crippen molar-refractivity contribution < 1.29 is 19.1 Å². The van der Waals surface area contributed by atoms with Crippen LogP contribution in [0.2, 0.25) is 0 Å². The molecule has 0 saturated heterocycles. The van der Waals surface area contributed by atoms with Gasteiger partial charge in [0.05, 0.1) is 14.2 Å². The number of hydrogen-bond donors (Lipinski definition) is 1. The van der Waals surface area contributed by atoms with Gasteiger partial charge >= 0.3 is 11.9 Å². The smallest absolute Gasteiger partial charge is 0.337 e. The predicted octanol–water partition coefficient (Wildman–Crippen LogP) is -0.690. The number of carbonyl (C=O) groups excluding carboxylic acids is 2. The van der Waals surface area contributed by atoms with E-state index >= 15 is 0 Å². The Morgan fingerprint density at radius 1 is 1.17 bits per heavy atom. The molecule has 0 unspecified atom stereocenters. The van der Waals surface area contributed by atoms with Crippen LogP contribution in [-0.2, 0) is 19.1 Å². The highest BCUT2D eigenvalue weighted by molar-refractivity contribution is 6.04. The number of rotatable bonds is 3. The Kier molecular flexibility index (Phi) is 3.69. The van der Waals surface area contributed by atoms with Crippen molar-refractivity contribution in [2.45, 2.75) is 12.5 Å². The molecular weight excluding hydrogens is 162 g/mol. The molecule has 0 aliphatic carbocycles. The highest BCUT2D eigenvalue weighted by Crippen LogP contribution is 2.07. The lowest BCUT2D eigenvalue weighted by Crippen LogP contribution is -2.55. The van der Waals surface area contributed by atoms with E-state index in [-0.39, 0.29) is 0 Å². The molecule has 5 heteroatoms. The molecule has 0 aliphatic rings. The summed E-state index contributed by atoms with van der Waals surface area (Å²) < 4.78 is 8.85. The van der Waals surface area contributed by atoms with Gasteiger partial charge in [-0.25, -0.2) is 9.59 Å². The van der Waals surface area contributed by atoms with Crippen LogP contribution in [0.1, 0.15) is 6.92 Å². The van der Waals surface area contributed by atoms with E-state index in [1.165, 1.54) is 28.2 Å². The molecule has 0 bridgehead atoms. The van der Waals surface area contributed by atoms with Crippen molar-refractivity contribution in [1.82, 2.24) is 5.32 Å². The first-order valence-corrected chi connectivity index (χ1v) is 3.38. The number of esters is 2. The van der Waals surface area contributed by atoms with Crippen molar-refractivity contribution in [1.29, 1.82) is 0 Å². The second-order valence-corrected chi connectivity index (χ2v) is 2.36. The van der Waals surface area contributed by atoms with Gasteiger partial charge in [0.15, 0.2) is 0 Å². The monoisotopic (exact) mass is 175 g/mol. The van der Waals surface area contributed by atoms with Gasteiger partial charge in [0.1, 0.15) is 0 Å². The number of methoxy groups -OCH3 is 2. The zero-order chi connectivity index (χ0) is 9.78. The van der Waals surface area contributed by atoms with Crippen LogP contribution >= 0.6 is 0 Å². The molecule has 12 heavy (non-hydrogen) atoms. The number of ether oxygens (including phenoxy) is 2. The van der Waals surface area contributed by atoms with Crippen LogP contribution in [0.25, 0.3) is 0 Å². The van der Waals surface area contributed by atoms with Crippen molar-refractivity contribution in [2.24, 2.45) is 0 Å². The summed E-state index contributed by atoms with van der Waals surface area (Å²) in [5, 5.41) is 2.53. The fraction of sp³-hybridized carbons (Fsp3) is 0.714. The van der Waals surface area contributed by atoms with E-state index in [0.29, 0.717) is 0 Å². The molecular formula is C7H13NO4. The fourth-order valence-electron chi connectivity index (χ4n) is 0.696. The fourth-order valence-corrected chi connectivity index (χ4v) is 0.696. The summed E-state index contributed by atoms with van der Waals surface area (Å²) in [6.07, 6.45) is 0. The summed E-state index contributed by atoms with van der Waals surface area (Å²) in [7, 11) is 3.90. The molecule has 1 N–H and O–H groups in total. The Bertz CT molecular complexity index is 174. The van der Waals surface area contributed by atoms with Crippen LogP contribution in [0, 0.1) is 0 Å². The largest absolute Gasteiger partial charge is 0.467 e. The van der Waals surface area contributed by atoms with Gasteiger partial charge in [-0.3, -0.25) is 5.32 Å². The molecule has 0 fully saturated rings. The highest BCUT2D eigenvalue weighted by Gasteiger charge is 2.42. The minimum atomic E-state index is -1.41. The first-order valence-electron chi connectivity index (χ1n) is 3.38. The quantitative estimate of drug-likeness (QED) is 0.454. The van der Waals surface area contributed by atoms with E-state index in [1.54, 1.807) is 0 Å². The molecule has 0 amide bonds. The normalized spacial score (nSPS) is 10.7. The Balaban J connectivity index is 4.66. The topological polar surface area (TPSA) is 64.6 Å². The molecule has 0 aliphatic heterocycles. The third-order valence-electron chi connectivity index (χ3n) is 1.69. The third-order valence-corrected chi connectivity index (χ3v) is 1.69. The molecule has 0 aromatic rings. The zero-order valence-corrected chi connectivity index (χ0v) is 7.63. The van der Waals surface area contributed by atoms with Crippen molar-refractivity contribution >= 4 is 11.9 Å². The lowest BCUT2D eigenvalue weighted by molar-refractivity contribution is -0.161. The van der Waals surface area contributed by atoms with Crippen LogP contribution in [-0.4, -0.2) is 38.7 Å². The van der Waals surface area contributed by atoms with Gasteiger partial charge in [0.2, 0.25) is 5.54 Å². The molecule has 0 atom stereocenters. The Hall–Kier alpha value is -1.10. The van der Waals surface area contributed by atoms with Crippen LogP contribution in [0.4, 0.5) is 0 Å². The van der Waals surface area contributed by atoms with Crippen LogP contribution in [0.3, 0.4) is 0 Å². The molecule has 0 spiro atoms. The van der Waals surface area contributed by atoms with E-state index in [4.69, 9.17) is 0 Å². The van der Waals surface area contributed by atoms with Gasteiger partial charge in [-0.05, 0) is 14.0 Å². The number of carbonyl (C=O) groups is 2. The third kappa shape index (κ3) is 1.73. The van der Waals surface area contributed by atoms with E-state index in [9.17, 15) is 9.59 Å². The average molecular weight is 175 g/mol. The van der Waals surface area contributed by atoms with Crippen molar-refractivity contribution in [2.75, 3.05) is 21.3 Å². The van der Waals surface area contributed by atoms with Gasteiger partial charge in [-0.2, -0.15) is 0 Å². The molecule has 0 saturated carbocycles. The van der Waals surface area contributed by atoms with Crippen LogP contribution in [0.15, 0.2) is 0 Å².